The first-order valence-corrected chi connectivity index (χ1v) is 8.42. The van der Waals surface area contributed by atoms with E-state index in [9.17, 15) is 9.59 Å². The Labute approximate surface area is 150 Å². The molecule has 1 atom stereocenters. The van der Waals surface area contributed by atoms with Crippen molar-refractivity contribution in [1.29, 1.82) is 0 Å². The molecule has 3 aromatic rings. The molecule has 26 heavy (non-hydrogen) atoms. The molecule has 0 spiro atoms. The highest BCUT2D eigenvalue weighted by Crippen LogP contribution is 2.17. The molecule has 1 aliphatic rings. The van der Waals surface area contributed by atoms with Gasteiger partial charge in [0.05, 0.1) is 18.8 Å². The van der Waals surface area contributed by atoms with Crippen LogP contribution in [0.1, 0.15) is 32.3 Å². The standard InChI is InChI=1S/C19H18N4O3/c24-18(20-11-13-5-2-1-3-6-13)16-10-15-9-14(12-23(15)22-16)21-19(25)17-7-4-8-26-17/h1-8,10,14H,9,11-12H2,(H,20,24)(H,21,25)/t14-/m0/s1. The number of rotatable bonds is 5. The summed E-state index contributed by atoms with van der Waals surface area (Å²) in [6.07, 6.45) is 2.10. The zero-order valence-electron chi connectivity index (χ0n) is 14.0. The van der Waals surface area contributed by atoms with Crippen molar-refractivity contribution in [3.8, 4) is 0 Å². The molecule has 132 valence electrons. The normalized spacial score (nSPS) is 15.5. The summed E-state index contributed by atoms with van der Waals surface area (Å²) in [6.45, 7) is 0.997. The molecule has 0 radical (unpaired) electrons. The van der Waals surface area contributed by atoms with Crippen LogP contribution >= 0.6 is 0 Å². The number of nitrogens with zero attached hydrogens (tertiary/aromatic N) is 2. The van der Waals surface area contributed by atoms with Crippen LogP contribution in [-0.2, 0) is 19.5 Å². The molecule has 1 aliphatic heterocycles. The fourth-order valence-corrected chi connectivity index (χ4v) is 3.04. The van der Waals surface area contributed by atoms with Gasteiger partial charge in [0, 0.05) is 18.7 Å². The van der Waals surface area contributed by atoms with E-state index < -0.39 is 0 Å². The maximum absolute atomic E-state index is 12.3. The third kappa shape index (κ3) is 3.37. The summed E-state index contributed by atoms with van der Waals surface area (Å²) in [7, 11) is 0. The van der Waals surface area contributed by atoms with E-state index in [0.717, 1.165) is 11.3 Å². The topological polar surface area (TPSA) is 89.2 Å². The zero-order valence-corrected chi connectivity index (χ0v) is 14.0. The molecule has 4 rings (SSSR count). The smallest absolute Gasteiger partial charge is 0.287 e. The number of hydrogen-bond acceptors (Lipinski definition) is 4. The molecule has 2 aromatic heterocycles. The van der Waals surface area contributed by atoms with Crippen LogP contribution in [0.4, 0.5) is 0 Å². The Morgan fingerprint density at radius 2 is 2.00 bits per heavy atom. The molecule has 0 saturated heterocycles. The summed E-state index contributed by atoms with van der Waals surface area (Å²) in [5.41, 5.74) is 2.36. The number of nitrogens with one attached hydrogen (secondary N) is 2. The summed E-state index contributed by atoms with van der Waals surface area (Å²) in [5.74, 6) is -0.158. The lowest BCUT2D eigenvalue weighted by atomic mass is 10.2. The number of amides is 2. The number of furan rings is 1. The lowest BCUT2D eigenvalue weighted by Crippen LogP contribution is -2.36. The van der Waals surface area contributed by atoms with Gasteiger partial charge in [-0.15, -0.1) is 0 Å². The Balaban J connectivity index is 1.33. The molecular weight excluding hydrogens is 332 g/mol. The Bertz CT molecular complexity index is 892. The number of hydrogen-bond donors (Lipinski definition) is 2. The third-order valence-corrected chi connectivity index (χ3v) is 4.32. The molecule has 0 bridgehead atoms. The van der Waals surface area contributed by atoms with Crippen molar-refractivity contribution in [3.05, 3.63) is 77.5 Å². The van der Waals surface area contributed by atoms with Crippen molar-refractivity contribution in [1.82, 2.24) is 20.4 Å². The van der Waals surface area contributed by atoms with Crippen molar-refractivity contribution in [2.75, 3.05) is 0 Å². The minimum atomic E-state index is -0.244. The molecule has 0 saturated carbocycles. The monoisotopic (exact) mass is 350 g/mol. The molecule has 7 nitrogen and oxygen atoms in total. The lowest BCUT2D eigenvalue weighted by Gasteiger charge is -2.10. The van der Waals surface area contributed by atoms with Gasteiger partial charge in [-0.1, -0.05) is 30.3 Å². The van der Waals surface area contributed by atoms with Crippen molar-refractivity contribution in [3.63, 3.8) is 0 Å². The highest BCUT2D eigenvalue weighted by Gasteiger charge is 2.27. The van der Waals surface area contributed by atoms with E-state index in [1.807, 2.05) is 30.3 Å². The van der Waals surface area contributed by atoms with Crippen LogP contribution in [0, 0.1) is 0 Å². The quantitative estimate of drug-likeness (QED) is 0.734. The van der Waals surface area contributed by atoms with Gasteiger partial charge >= 0.3 is 0 Å². The van der Waals surface area contributed by atoms with Crippen LogP contribution in [0.2, 0.25) is 0 Å². The van der Waals surface area contributed by atoms with Gasteiger partial charge in [0.25, 0.3) is 11.8 Å². The minimum absolute atomic E-state index is 0.0588. The Hall–Kier alpha value is -3.35. The second-order valence-electron chi connectivity index (χ2n) is 6.22. The third-order valence-electron chi connectivity index (χ3n) is 4.32. The molecule has 0 unspecified atom stereocenters. The second-order valence-corrected chi connectivity index (χ2v) is 6.22. The molecule has 0 aliphatic carbocycles. The van der Waals surface area contributed by atoms with Crippen LogP contribution in [0.25, 0.3) is 0 Å². The maximum atomic E-state index is 12.3. The average molecular weight is 350 g/mol. The van der Waals surface area contributed by atoms with E-state index in [4.69, 9.17) is 4.42 Å². The highest BCUT2D eigenvalue weighted by molar-refractivity contribution is 5.92. The van der Waals surface area contributed by atoms with Gasteiger partial charge < -0.3 is 15.1 Å². The largest absolute Gasteiger partial charge is 0.459 e. The summed E-state index contributed by atoms with van der Waals surface area (Å²) in [4.78, 5) is 24.3. The molecule has 2 N–H and O–H groups in total. The molecule has 0 fully saturated rings. The van der Waals surface area contributed by atoms with Gasteiger partial charge in [-0.25, -0.2) is 0 Å². The van der Waals surface area contributed by atoms with E-state index in [1.165, 1.54) is 6.26 Å². The number of carbonyl (C=O) groups is 2. The van der Waals surface area contributed by atoms with Gasteiger partial charge in [0.2, 0.25) is 0 Å². The number of aromatic nitrogens is 2. The van der Waals surface area contributed by atoms with Gasteiger partial charge in [-0.3, -0.25) is 14.3 Å². The van der Waals surface area contributed by atoms with E-state index >= 15 is 0 Å². The molecule has 3 heterocycles. The molecular formula is C19H18N4O3. The summed E-state index contributed by atoms with van der Waals surface area (Å²) in [5, 5.41) is 10.1. The van der Waals surface area contributed by atoms with Crippen molar-refractivity contribution >= 4 is 11.8 Å². The van der Waals surface area contributed by atoms with Crippen molar-refractivity contribution < 1.29 is 14.0 Å². The first-order valence-electron chi connectivity index (χ1n) is 8.42. The van der Waals surface area contributed by atoms with Crippen LogP contribution < -0.4 is 10.6 Å². The molecule has 1 aromatic carbocycles. The second kappa shape index (κ2) is 6.87. The Morgan fingerprint density at radius 1 is 1.15 bits per heavy atom. The van der Waals surface area contributed by atoms with E-state index in [0.29, 0.717) is 25.2 Å². The Kier molecular flexibility index (Phi) is 4.27. The Morgan fingerprint density at radius 3 is 2.73 bits per heavy atom. The first kappa shape index (κ1) is 16.1. The summed E-state index contributed by atoms with van der Waals surface area (Å²) in [6, 6.07) is 14.7. The van der Waals surface area contributed by atoms with Crippen molar-refractivity contribution in [2.45, 2.75) is 25.6 Å². The first-order chi connectivity index (χ1) is 12.7. The van der Waals surface area contributed by atoms with Crippen LogP contribution in [0.15, 0.2) is 59.2 Å². The van der Waals surface area contributed by atoms with Gasteiger partial charge in [0.15, 0.2) is 5.76 Å². The maximum Gasteiger partial charge on any atom is 0.287 e. The van der Waals surface area contributed by atoms with E-state index in [-0.39, 0.29) is 23.6 Å². The lowest BCUT2D eigenvalue weighted by molar-refractivity contribution is 0.0904. The SMILES string of the molecule is O=C(NCc1ccccc1)c1cc2n(n1)C[C@@H](NC(=O)c1ccco1)C2. The average Bonchev–Trinajstić information content (AvgIpc) is 3.36. The fraction of sp³-hybridized carbons (Fsp3) is 0.211. The van der Waals surface area contributed by atoms with E-state index in [1.54, 1.807) is 22.9 Å². The van der Waals surface area contributed by atoms with Gasteiger partial charge in [0.1, 0.15) is 5.69 Å². The molecule has 7 heteroatoms. The number of benzene rings is 1. The van der Waals surface area contributed by atoms with Gasteiger partial charge in [-0.2, -0.15) is 5.10 Å². The zero-order chi connectivity index (χ0) is 17.9. The summed E-state index contributed by atoms with van der Waals surface area (Å²) < 4.78 is 6.86. The van der Waals surface area contributed by atoms with Crippen molar-refractivity contribution in [2.24, 2.45) is 0 Å². The predicted molar refractivity (Wildman–Crippen MR) is 93.5 cm³/mol. The predicted octanol–water partition coefficient (Wildman–Crippen LogP) is 1.76. The fourth-order valence-electron chi connectivity index (χ4n) is 3.04. The van der Waals surface area contributed by atoms with Gasteiger partial charge in [-0.05, 0) is 23.8 Å². The number of fused-ring (bicyclic) bond motifs is 1. The van der Waals surface area contributed by atoms with Crippen LogP contribution in [-0.4, -0.2) is 27.6 Å². The highest BCUT2D eigenvalue weighted by atomic mass is 16.3. The van der Waals surface area contributed by atoms with Crippen LogP contribution in [0.3, 0.4) is 0 Å². The van der Waals surface area contributed by atoms with E-state index in [2.05, 4.69) is 15.7 Å². The molecule has 2 amide bonds. The summed E-state index contributed by atoms with van der Waals surface area (Å²) >= 11 is 0. The van der Waals surface area contributed by atoms with Crippen LogP contribution in [0.5, 0.6) is 0 Å². The number of carbonyl (C=O) groups excluding carboxylic acids is 2. The minimum Gasteiger partial charge on any atom is -0.459 e.